The monoisotopic (exact) mass is 696 g/mol. The van der Waals surface area contributed by atoms with Crippen LogP contribution in [0.3, 0.4) is 0 Å². The first-order valence-corrected chi connectivity index (χ1v) is 17.8. The highest BCUT2D eigenvalue weighted by Crippen LogP contribution is 2.32. The van der Waals surface area contributed by atoms with Crippen LogP contribution >= 0.6 is 22.9 Å². The molecule has 0 radical (unpaired) electrons. The minimum absolute atomic E-state index is 0.0250. The molecule has 48 heavy (non-hydrogen) atoms. The number of halogens is 1. The molecule has 2 aliphatic rings. The third-order valence-corrected chi connectivity index (χ3v) is 10.3. The van der Waals surface area contributed by atoms with Crippen molar-refractivity contribution in [1.82, 2.24) is 19.9 Å². The van der Waals surface area contributed by atoms with Crippen LogP contribution in [0, 0.1) is 0 Å². The second kappa shape index (κ2) is 15.1. The van der Waals surface area contributed by atoms with Gasteiger partial charge in [0.1, 0.15) is 17.5 Å². The average molecular weight is 697 g/mol. The van der Waals surface area contributed by atoms with E-state index in [0.717, 1.165) is 62.9 Å². The number of esters is 1. The van der Waals surface area contributed by atoms with Gasteiger partial charge in [-0.15, -0.1) is 11.3 Å². The summed E-state index contributed by atoms with van der Waals surface area (Å²) in [5.41, 5.74) is 1.84. The zero-order valence-electron chi connectivity index (χ0n) is 27.4. The highest BCUT2D eigenvalue weighted by Gasteiger charge is 2.27. The molecule has 4 aromatic rings. The Balaban J connectivity index is 1.23. The summed E-state index contributed by atoms with van der Waals surface area (Å²) in [5.74, 6) is -0.368. The summed E-state index contributed by atoms with van der Waals surface area (Å²) in [6.07, 6.45) is 4.21. The molecule has 11 nitrogen and oxygen atoms in total. The number of thiophene rings is 1. The van der Waals surface area contributed by atoms with E-state index in [4.69, 9.17) is 30.3 Å². The number of rotatable bonds is 10. The van der Waals surface area contributed by atoms with Crippen LogP contribution in [0.5, 0.6) is 0 Å². The molecular formula is C35H41ClN4O7S. The summed E-state index contributed by atoms with van der Waals surface area (Å²) >= 11 is 7.51. The molecule has 2 fully saturated rings. The van der Waals surface area contributed by atoms with Gasteiger partial charge in [-0.25, -0.2) is 9.59 Å². The van der Waals surface area contributed by atoms with Gasteiger partial charge in [-0.1, -0.05) is 29.2 Å². The van der Waals surface area contributed by atoms with Gasteiger partial charge in [0.05, 0.1) is 21.3 Å². The van der Waals surface area contributed by atoms with Crippen molar-refractivity contribution < 1.29 is 33.1 Å². The number of benzene rings is 1. The number of ether oxygens (including phenoxy) is 3. The molecule has 0 spiro atoms. The third kappa shape index (κ3) is 8.04. The van der Waals surface area contributed by atoms with Crippen LogP contribution in [0.1, 0.15) is 92.3 Å². The highest BCUT2D eigenvalue weighted by atomic mass is 35.5. The summed E-state index contributed by atoms with van der Waals surface area (Å²) in [6, 6.07) is 12.9. The fourth-order valence-corrected chi connectivity index (χ4v) is 7.46. The van der Waals surface area contributed by atoms with E-state index in [1.54, 1.807) is 24.3 Å². The molecule has 1 aromatic carbocycles. The largest absolute Gasteiger partial charge is 0.511 e. The first kappa shape index (κ1) is 34.0. The summed E-state index contributed by atoms with van der Waals surface area (Å²) in [7, 11) is 0. The Kier molecular flexibility index (Phi) is 10.7. The molecule has 1 saturated carbocycles. The number of hydrogen-bond donors (Lipinski definition) is 1. The van der Waals surface area contributed by atoms with Crippen molar-refractivity contribution in [3.63, 3.8) is 0 Å². The zero-order chi connectivity index (χ0) is 33.8. The normalized spacial score (nSPS) is 17.0. The lowest BCUT2D eigenvalue weighted by molar-refractivity contribution is -0.0914. The van der Waals surface area contributed by atoms with Crippen molar-refractivity contribution in [2.75, 3.05) is 13.1 Å². The lowest BCUT2D eigenvalue weighted by atomic mass is 9.98. The molecule has 256 valence electrons. The van der Waals surface area contributed by atoms with E-state index in [1.807, 2.05) is 22.8 Å². The molecule has 1 atom stereocenters. The SMILES string of the molecule is CC(OC(=O)OC1CCCCC1)OC(=O)c1cccc2c1cc(C(=O)NC1CCN(C(C)C)CC1)n2Cc1cc(-c2ccc(Cl)s2)on1. The molecule has 1 N–H and O–H groups in total. The first-order chi connectivity index (χ1) is 23.1. The van der Waals surface area contributed by atoms with E-state index in [1.165, 1.54) is 18.3 Å². The number of aromatic nitrogens is 2. The van der Waals surface area contributed by atoms with Crippen molar-refractivity contribution in [2.24, 2.45) is 0 Å². The smallest absolute Gasteiger partial charge is 0.431 e. The van der Waals surface area contributed by atoms with Gasteiger partial charge in [0.2, 0.25) is 6.29 Å². The van der Waals surface area contributed by atoms with E-state index in [2.05, 4.69) is 29.2 Å². The second-order valence-electron chi connectivity index (χ2n) is 12.7. The Bertz CT molecular complexity index is 1750. The zero-order valence-corrected chi connectivity index (χ0v) is 29.0. The molecule has 1 unspecified atom stereocenters. The minimum atomic E-state index is -1.18. The summed E-state index contributed by atoms with van der Waals surface area (Å²) in [5, 5.41) is 8.01. The van der Waals surface area contributed by atoms with Gasteiger partial charge in [0.25, 0.3) is 5.91 Å². The van der Waals surface area contributed by atoms with Gasteiger partial charge in [0, 0.05) is 49.1 Å². The number of hydrogen-bond acceptors (Lipinski definition) is 10. The van der Waals surface area contributed by atoms with Gasteiger partial charge < -0.3 is 33.5 Å². The van der Waals surface area contributed by atoms with Crippen molar-refractivity contribution in [3.05, 3.63) is 63.8 Å². The van der Waals surface area contributed by atoms with E-state index >= 15 is 0 Å². The number of carbonyl (C=O) groups is 3. The highest BCUT2D eigenvalue weighted by molar-refractivity contribution is 7.19. The Morgan fingerprint density at radius 2 is 1.79 bits per heavy atom. The Morgan fingerprint density at radius 1 is 1.02 bits per heavy atom. The van der Waals surface area contributed by atoms with Crippen molar-refractivity contribution >= 4 is 51.9 Å². The van der Waals surface area contributed by atoms with Crippen LogP contribution in [0.15, 0.2) is 47.0 Å². The van der Waals surface area contributed by atoms with Crippen molar-refractivity contribution in [1.29, 1.82) is 0 Å². The second-order valence-corrected chi connectivity index (χ2v) is 14.5. The number of nitrogens with one attached hydrogen (secondary N) is 1. The lowest BCUT2D eigenvalue weighted by Crippen LogP contribution is -2.46. The standard InChI is InChI=1S/C35H41ClN4O7S/c1-21(2)39-16-14-23(15-17-39)37-33(41)29-19-27-26(34(42)44-22(3)45-35(43)46-25-8-5-4-6-9-25)10-7-11-28(27)40(29)20-24-18-30(47-38-24)31-12-13-32(36)48-31/h7,10-13,18-19,21-23,25H,4-6,8-9,14-17,20H2,1-3H3,(H,37,41). The molecule has 1 aliphatic carbocycles. The fourth-order valence-electron chi connectivity index (χ4n) is 6.47. The number of fused-ring (bicyclic) bond motifs is 1. The topological polar surface area (TPSA) is 125 Å². The Morgan fingerprint density at radius 3 is 2.50 bits per heavy atom. The maximum absolute atomic E-state index is 13.9. The number of amides is 1. The number of carbonyl (C=O) groups excluding carboxylic acids is 3. The summed E-state index contributed by atoms with van der Waals surface area (Å²) in [6.45, 7) is 7.86. The first-order valence-electron chi connectivity index (χ1n) is 16.6. The summed E-state index contributed by atoms with van der Waals surface area (Å²) < 4.78 is 24.3. The molecule has 6 rings (SSSR count). The van der Waals surface area contributed by atoms with Gasteiger partial charge in [-0.2, -0.15) is 0 Å². The van der Waals surface area contributed by atoms with Crippen LogP contribution < -0.4 is 5.32 Å². The van der Waals surface area contributed by atoms with Crippen molar-refractivity contribution in [3.8, 4) is 10.6 Å². The fraction of sp³-hybridized carbons (Fsp3) is 0.486. The van der Waals surface area contributed by atoms with Crippen molar-refractivity contribution in [2.45, 2.75) is 96.7 Å². The number of nitrogens with zero attached hydrogens (tertiary/aromatic N) is 3. The maximum Gasteiger partial charge on any atom is 0.511 e. The van der Waals surface area contributed by atoms with Crippen LogP contribution in [0.25, 0.3) is 21.5 Å². The maximum atomic E-state index is 13.9. The molecule has 13 heteroatoms. The predicted molar refractivity (Wildman–Crippen MR) is 182 cm³/mol. The van der Waals surface area contributed by atoms with Gasteiger partial charge in [-0.05, 0) is 82.7 Å². The molecule has 0 bridgehead atoms. The molecule has 1 aliphatic heterocycles. The van der Waals surface area contributed by atoms with Crippen LogP contribution in [-0.2, 0) is 20.8 Å². The number of piperidine rings is 1. The van der Waals surface area contributed by atoms with Gasteiger partial charge in [-0.3, -0.25) is 4.79 Å². The van der Waals surface area contributed by atoms with Crippen LogP contribution in [0.2, 0.25) is 4.34 Å². The Hall–Kier alpha value is -3.87. The average Bonchev–Trinajstić information content (AvgIpc) is 3.80. The van der Waals surface area contributed by atoms with Gasteiger partial charge in [0.15, 0.2) is 5.76 Å². The van der Waals surface area contributed by atoms with E-state index in [9.17, 15) is 14.4 Å². The van der Waals surface area contributed by atoms with Crippen LogP contribution in [0.4, 0.5) is 4.79 Å². The molecule has 4 heterocycles. The van der Waals surface area contributed by atoms with E-state index in [-0.39, 0.29) is 30.2 Å². The summed E-state index contributed by atoms with van der Waals surface area (Å²) in [4.78, 5) is 42.9. The predicted octanol–water partition coefficient (Wildman–Crippen LogP) is 7.65. The minimum Gasteiger partial charge on any atom is -0.431 e. The van der Waals surface area contributed by atoms with E-state index in [0.29, 0.717) is 38.4 Å². The van der Waals surface area contributed by atoms with Crippen LogP contribution in [-0.4, -0.2) is 70.2 Å². The lowest BCUT2D eigenvalue weighted by Gasteiger charge is -2.34. The Labute approximate surface area is 288 Å². The quantitative estimate of drug-likeness (QED) is 0.131. The molecular weight excluding hydrogens is 656 g/mol. The molecule has 1 amide bonds. The number of likely N-dealkylation sites (tertiary alicyclic amines) is 1. The van der Waals surface area contributed by atoms with Gasteiger partial charge >= 0.3 is 12.1 Å². The molecule has 1 saturated heterocycles. The van der Waals surface area contributed by atoms with E-state index < -0.39 is 18.4 Å². The molecule has 3 aromatic heterocycles. The third-order valence-electron chi connectivity index (χ3n) is 9.04.